The summed E-state index contributed by atoms with van der Waals surface area (Å²) in [6, 6.07) is 7.59. The van der Waals surface area contributed by atoms with Crippen molar-refractivity contribution in [1.29, 1.82) is 0 Å². The molecule has 3 atom stereocenters. The smallest absolute Gasteiger partial charge is 0.325 e. The molecule has 5 amide bonds. The highest BCUT2D eigenvalue weighted by Gasteiger charge is 2.53. The van der Waals surface area contributed by atoms with Crippen molar-refractivity contribution >= 4 is 29.4 Å². The van der Waals surface area contributed by atoms with Gasteiger partial charge in [-0.3, -0.25) is 24.6 Å². The zero-order valence-electron chi connectivity index (χ0n) is 23.3. The van der Waals surface area contributed by atoms with Crippen LogP contribution in [0.4, 0.5) is 19.3 Å². The lowest BCUT2D eigenvalue weighted by Crippen LogP contribution is -2.87. The van der Waals surface area contributed by atoms with Gasteiger partial charge in [-0.05, 0) is 92.6 Å². The fourth-order valence-corrected chi connectivity index (χ4v) is 6.80. The van der Waals surface area contributed by atoms with E-state index in [4.69, 9.17) is 0 Å². The molecule has 11 heteroatoms. The van der Waals surface area contributed by atoms with E-state index in [0.29, 0.717) is 49.9 Å². The van der Waals surface area contributed by atoms with E-state index < -0.39 is 35.2 Å². The Labute approximate surface area is 237 Å². The van der Waals surface area contributed by atoms with Crippen molar-refractivity contribution in [1.82, 2.24) is 15.1 Å². The zero-order valence-corrected chi connectivity index (χ0v) is 23.3. The van der Waals surface area contributed by atoms with Crippen molar-refractivity contribution in [2.24, 2.45) is 5.92 Å². The van der Waals surface area contributed by atoms with Gasteiger partial charge in [0, 0.05) is 17.7 Å². The molecular weight excluding hydrogens is 532 g/mol. The van der Waals surface area contributed by atoms with Gasteiger partial charge in [0.25, 0.3) is 0 Å². The summed E-state index contributed by atoms with van der Waals surface area (Å²) < 4.78 is 28.3. The van der Waals surface area contributed by atoms with E-state index in [1.54, 1.807) is 13.1 Å². The third-order valence-corrected chi connectivity index (χ3v) is 8.76. The summed E-state index contributed by atoms with van der Waals surface area (Å²) in [6.45, 7) is 3.23. The molecule has 3 aliphatic rings. The van der Waals surface area contributed by atoms with E-state index >= 15 is 0 Å². The molecule has 1 aliphatic carbocycles. The highest BCUT2D eigenvalue weighted by molar-refractivity contribution is 5.97. The van der Waals surface area contributed by atoms with Crippen molar-refractivity contribution in [3.05, 3.63) is 64.7 Å². The maximum Gasteiger partial charge on any atom is 0.419 e. The fourth-order valence-electron chi connectivity index (χ4n) is 6.80. The number of nitrogens with two attached hydrogens (primary N) is 1. The second-order valence-electron chi connectivity index (χ2n) is 11.2. The van der Waals surface area contributed by atoms with Crippen LogP contribution in [0.3, 0.4) is 0 Å². The van der Waals surface area contributed by atoms with Crippen LogP contribution in [0.15, 0.2) is 36.4 Å². The number of benzene rings is 2. The minimum absolute atomic E-state index is 0.186. The predicted molar refractivity (Wildman–Crippen MR) is 147 cm³/mol. The second kappa shape index (κ2) is 11.7. The van der Waals surface area contributed by atoms with Crippen molar-refractivity contribution in [3.8, 4) is 0 Å². The van der Waals surface area contributed by atoms with Gasteiger partial charge in [-0.15, -0.1) is 0 Å². The van der Waals surface area contributed by atoms with Gasteiger partial charge in [-0.1, -0.05) is 13.0 Å². The lowest BCUT2D eigenvalue weighted by atomic mass is 9.80. The number of imide groups is 1. The van der Waals surface area contributed by atoms with Crippen LogP contribution in [-0.2, 0) is 27.2 Å². The largest absolute Gasteiger partial charge is 0.419 e. The summed E-state index contributed by atoms with van der Waals surface area (Å²) in [4.78, 5) is 55.1. The molecule has 4 N–H and O–H groups in total. The van der Waals surface area contributed by atoms with Gasteiger partial charge in [0.1, 0.15) is 23.7 Å². The number of fused-ring (bicyclic) bond motifs is 1. The average molecular weight is 569 g/mol. The van der Waals surface area contributed by atoms with Crippen LogP contribution in [0.1, 0.15) is 55.3 Å². The summed E-state index contributed by atoms with van der Waals surface area (Å²) in [7, 11) is 1.56. The van der Waals surface area contributed by atoms with Crippen LogP contribution < -0.4 is 16.0 Å². The Hall–Kier alpha value is -3.70. The first kappa shape index (κ1) is 28.8. The highest BCUT2D eigenvalue weighted by atomic mass is 19.1. The fraction of sp³-hybridized carbons (Fsp3) is 0.467. The van der Waals surface area contributed by atoms with Crippen molar-refractivity contribution in [2.45, 2.75) is 57.0 Å². The van der Waals surface area contributed by atoms with Crippen molar-refractivity contribution in [2.75, 3.05) is 32.0 Å². The Morgan fingerprint density at radius 2 is 1.78 bits per heavy atom. The topological polar surface area (TPSA) is 115 Å². The average Bonchev–Trinajstić information content (AvgIpc) is 3.55. The molecule has 218 valence electrons. The molecule has 0 unspecified atom stereocenters. The number of anilines is 1. The monoisotopic (exact) mass is 568 g/mol. The Morgan fingerprint density at radius 1 is 1.05 bits per heavy atom. The number of rotatable bonds is 6. The Morgan fingerprint density at radius 3 is 2.49 bits per heavy atom. The number of hydrogen-bond donors (Lipinski definition) is 3. The summed E-state index contributed by atoms with van der Waals surface area (Å²) in [6.07, 6.45) is 3.54. The molecule has 2 fully saturated rings. The summed E-state index contributed by atoms with van der Waals surface area (Å²) in [5.41, 5.74) is 2.02. The third kappa shape index (κ3) is 5.73. The molecule has 0 radical (unpaired) electrons. The predicted octanol–water partition coefficient (Wildman–Crippen LogP) is 2.27. The highest BCUT2D eigenvalue weighted by Crippen LogP contribution is 2.44. The van der Waals surface area contributed by atoms with Crippen LogP contribution in [-0.4, -0.2) is 65.8 Å². The number of carbonyl (C=O) groups is 4. The van der Waals surface area contributed by atoms with Gasteiger partial charge < -0.3 is 10.2 Å². The molecule has 0 aromatic heterocycles. The number of likely N-dealkylation sites (N-methyl/N-ethyl adjacent to an activating group) is 1. The number of quaternary nitrogens is 1. The quantitative estimate of drug-likeness (QED) is 0.495. The summed E-state index contributed by atoms with van der Waals surface area (Å²) >= 11 is 0. The summed E-state index contributed by atoms with van der Waals surface area (Å²) in [5, 5.41) is 6.53. The standard InChI is InChI=1S/C30H35F2N5O4/c1-3-36-10-4-8-30(36)9-7-25(20-13-22(31)16-23(32)14-20)37(28(30)40)17-26(38)34-24-6-5-18-11-21(12-19(18)15-24)27(39)35-29(41)33-2/h5-6,13-16,21,25H,3-4,7-12,17H2,1-2H3,(H,34,38)(H2,33,35,39,41)/p+1/t21-,25+,30-/m1/s1. The van der Waals surface area contributed by atoms with Crippen LogP contribution in [0.2, 0.25) is 0 Å². The maximum atomic E-state index is 14.2. The second-order valence-corrected chi connectivity index (χ2v) is 11.2. The number of primary amides is 1. The Kier molecular flexibility index (Phi) is 8.19. The molecule has 5 rings (SSSR count). The number of likely N-dealkylation sites (tertiary alicyclic amines) is 2. The molecule has 2 aromatic rings. The van der Waals surface area contributed by atoms with Gasteiger partial charge in [0.15, 0.2) is 0 Å². The van der Waals surface area contributed by atoms with Crippen LogP contribution >= 0.6 is 0 Å². The van der Waals surface area contributed by atoms with Gasteiger partial charge in [0.05, 0.1) is 13.1 Å². The Bertz CT molecular complexity index is 1360. The first-order valence-corrected chi connectivity index (χ1v) is 14.2. The molecule has 0 saturated carbocycles. The molecule has 9 nitrogen and oxygen atoms in total. The minimum atomic E-state index is -0.726. The Balaban J connectivity index is 1.33. The molecule has 2 aromatic carbocycles. The number of urea groups is 1. The number of hydrogen-bond acceptors (Lipinski definition) is 5. The SMILES string of the molecule is CCN1CCC[C@]12CC[C@@H](c1cc(F)cc(F)c1)N(CC(=O)Nc1ccc3c(c1)C[C@H](C(=O)NC(=O)[NH2+]C)C3)C2=O. The molecule has 2 aliphatic heterocycles. The van der Waals surface area contributed by atoms with Gasteiger partial charge >= 0.3 is 6.03 Å². The van der Waals surface area contributed by atoms with Crippen LogP contribution in [0.25, 0.3) is 0 Å². The summed E-state index contributed by atoms with van der Waals surface area (Å²) in [5.74, 6) is -2.77. The van der Waals surface area contributed by atoms with E-state index in [0.717, 1.165) is 30.2 Å². The van der Waals surface area contributed by atoms with Crippen LogP contribution in [0, 0.1) is 17.6 Å². The van der Waals surface area contributed by atoms with E-state index in [2.05, 4.69) is 15.5 Å². The lowest BCUT2D eigenvalue weighted by Gasteiger charge is -2.48. The number of halogens is 2. The number of carbonyl (C=O) groups excluding carboxylic acids is 4. The molecule has 0 bridgehead atoms. The van der Waals surface area contributed by atoms with Gasteiger partial charge in [0.2, 0.25) is 17.7 Å². The van der Waals surface area contributed by atoms with Crippen molar-refractivity contribution in [3.63, 3.8) is 0 Å². The first-order chi connectivity index (χ1) is 19.6. The van der Waals surface area contributed by atoms with E-state index in [-0.39, 0.29) is 24.3 Å². The van der Waals surface area contributed by atoms with Crippen molar-refractivity contribution < 1.29 is 33.3 Å². The number of nitrogens with one attached hydrogen (secondary N) is 2. The van der Waals surface area contributed by atoms with Gasteiger partial charge in [-0.25, -0.2) is 18.9 Å². The number of nitrogens with zero attached hydrogens (tertiary/aromatic N) is 2. The molecule has 2 saturated heterocycles. The van der Waals surface area contributed by atoms with Gasteiger partial charge in [-0.2, -0.15) is 0 Å². The molecule has 41 heavy (non-hydrogen) atoms. The zero-order chi connectivity index (χ0) is 29.3. The maximum absolute atomic E-state index is 14.2. The van der Waals surface area contributed by atoms with E-state index in [9.17, 15) is 28.0 Å². The third-order valence-electron chi connectivity index (χ3n) is 8.76. The van der Waals surface area contributed by atoms with E-state index in [1.165, 1.54) is 22.3 Å². The van der Waals surface area contributed by atoms with Crippen LogP contribution in [0.5, 0.6) is 0 Å². The molecule has 2 heterocycles. The number of amides is 5. The molecule has 1 spiro atoms. The first-order valence-electron chi connectivity index (χ1n) is 14.2. The normalized spacial score (nSPS) is 24.0. The minimum Gasteiger partial charge on any atom is -0.325 e. The number of piperidine rings is 1. The molecular formula is C30H36F2N5O4+. The van der Waals surface area contributed by atoms with E-state index in [1.807, 2.05) is 19.1 Å². The lowest BCUT2D eigenvalue weighted by molar-refractivity contribution is -0.523.